The van der Waals surface area contributed by atoms with Gasteiger partial charge >= 0.3 is 5.97 Å². The first-order chi connectivity index (χ1) is 11.7. The third kappa shape index (κ3) is 2.40. The molecule has 6 nitrogen and oxygen atoms in total. The summed E-state index contributed by atoms with van der Waals surface area (Å²) in [6, 6.07) is 16.8. The molecular formula is C18H12N4O2. The first-order valence-electron chi connectivity index (χ1n) is 7.32. The number of pyridine rings is 1. The topological polar surface area (TPSA) is 80.4 Å². The van der Waals surface area contributed by atoms with Crippen molar-refractivity contribution in [2.24, 2.45) is 0 Å². The minimum atomic E-state index is -1.08. The fourth-order valence-corrected chi connectivity index (χ4v) is 2.56. The number of carboxylic acids is 1. The second-order valence-corrected chi connectivity index (χ2v) is 5.23. The average Bonchev–Trinajstić information content (AvgIpc) is 3.07. The van der Waals surface area contributed by atoms with Gasteiger partial charge in [-0.1, -0.05) is 30.3 Å². The molecule has 4 aromatic rings. The van der Waals surface area contributed by atoms with E-state index >= 15 is 0 Å². The van der Waals surface area contributed by atoms with Crippen LogP contribution in [-0.2, 0) is 0 Å². The van der Waals surface area contributed by atoms with Crippen LogP contribution >= 0.6 is 0 Å². The van der Waals surface area contributed by atoms with Crippen molar-refractivity contribution in [3.63, 3.8) is 0 Å². The Kier molecular flexibility index (Phi) is 3.28. The lowest BCUT2D eigenvalue weighted by molar-refractivity contribution is 0.0690. The molecule has 4 rings (SSSR count). The highest BCUT2D eigenvalue weighted by Crippen LogP contribution is 2.26. The summed E-state index contributed by atoms with van der Waals surface area (Å²) in [7, 11) is 0. The van der Waals surface area contributed by atoms with Crippen molar-refractivity contribution in [3.8, 4) is 22.5 Å². The minimum Gasteiger partial charge on any atom is -0.476 e. The maximum absolute atomic E-state index is 11.3. The maximum atomic E-state index is 11.3. The van der Waals surface area contributed by atoms with Crippen LogP contribution in [-0.4, -0.2) is 30.7 Å². The number of aromatic nitrogens is 4. The van der Waals surface area contributed by atoms with Gasteiger partial charge in [-0.3, -0.25) is 4.98 Å². The van der Waals surface area contributed by atoms with E-state index in [0.29, 0.717) is 5.65 Å². The van der Waals surface area contributed by atoms with Gasteiger partial charge in [-0.25, -0.2) is 14.3 Å². The van der Waals surface area contributed by atoms with Crippen LogP contribution in [0.4, 0.5) is 0 Å². The first kappa shape index (κ1) is 14.1. The van der Waals surface area contributed by atoms with E-state index in [0.717, 1.165) is 22.5 Å². The van der Waals surface area contributed by atoms with Crippen molar-refractivity contribution in [1.82, 2.24) is 19.6 Å². The van der Waals surface area contributed by atoms with Gasteiger partial charge in [0.2, 0.25) is 0 Å². The van der Waals surface area contributed by atoms with Gasteiger partial charge in [0.05, 0.1) is 11.4 Å². The zero-order valence-corrected chi connectivity index (χ0v) is 12.5. The fraction of sp³-hybridized carbons (Fsp3) is 0. The Bertz CT molecular complexity index is 1030. The van der Waals surface area contributed by atoms with Gasteiger partial charge < -0.3 is 5.11 Å². The lowest BCUT2D eigenvalue weighted by Gasteiger charge is -2.08. The molecule has 116 valence electrons. The van der Waals surface area contributed by atoms with Crippen molar-refractivity contribution >= 4 is 11.6 Å². The van der Waals surface area contributed by atoms with E-state index in [1.165, 1.54) is 6.07 Å². The van der Waals surface area contributed by atoms with E-state index in [2.05, 4.69) is 15.1 Å². The number of hydrogen-bond acceptors (Lipinski definition) is 4. The van der Waals surface area contributed by atoms with E-state index in [9.17, 15) is 9.90 Å². The summed E-state index contributed by atoms with van der Waals surface area (Å²) in [5.74, 6) is -1.08. The Hall–Kier alpha value is -3.54. The van der Waals surface area contributed by atoms with Crippen molar-refractivity contribution in [3.05, 3.63) is 72.7 Å². The van der Waals surface area contributed by atoms with Gasteiger partial charge in [-0.2, -0.15) is 5.10 Å². The molecule has 0 amide bonds. The number of fused-ring (bicyclic) bond motifs is 1. The molecule has 0 atom stereocenters. The summed E-state index contributed by atoms with van der Waals surface area (Å²) < 4.78 is 1.55. The number of aromatic carboxylic acids is 1. The molecule has 3 aromatic heterocycles. The Morgan fingerprint density at radius 1 is 0.958 bits per heavy atom. The Morgan fingerprint density at radius 3 is 2.42 bits per heavy atom. The lowest BCUT2D eigenvalue weighted by atomic mass is 10.1. The summed E-state index contributed by atoms with van der Waals surface area (Å²) in [4.78, 5) is 19.8. The highest BCUT2D eigenvalue weighted by atomic mass is 16.4. The summed E-state index contributed by atoms with van der Waals surface area (Å²) in [5.41, 5.74) is 3.80. The van der Waals surface area contributed by atoms with Crippen LogP contribution in [0.1, 0.15) is 10.5 Å². The highest BCUT2D eigenvalue weighted by Gasteiger charge is 2.15. The smallest absolute Gasteiger partial charge is 0.356 e. The zero-order chi connectivity index (χ0) is 16.5. The SMILES string of the molecule is O=C(O)c1cc2nc(-c3ccccc3)cc(-c3ccncc3)n2n1. The number of benzene rings is 1. The van der Waals surface area contributed by atoms with E-state index in [4.69, 9.17) is 0 Å². The summed E-state index contributed by atoms with van der Waals surface area (Å²) in [6.07, 6.45) is 3.37. The van der Waals surface area contributed by atoms with Crippen molar-refractivity contribution in [2.45, 2.75) is 0 Å². The van der Waals surface area contributed by atoms with Crippen LogP contribution in [0, 0.1) is 0 Å². The molecule has 0 spiro atoms. The number of hydrogen-bond donors (Lipinski definition) is 1. The monoisotopic (exact) mass is 316 g/mol. The molecular weight excluding hydrogens is 304 g/mol. The molecule has 0 bridgehead atoms. The van der Waals surface area contributed by atoms with Gasteiger partial charge in [-0.15, -0.1) is 0 Å². The van der Waals surface area contributed by atoms with Crippen LogP contribution in [0.2, 0.25) is 0 Å². The van der Waals surface area contributed by atoms with Gasteiger partial charge in [0.1, 0.15) is 0 Å². The molecule has 0 aliphatic heterocycles. The van der Waals surface area contributed by atoms with Gasteiger partial charge in [0.25, 0.3) is 0 Å². The predicted molar refractivity (Wildman–Crippen MR) is 88.6 cm³/mol. The second kappa shape index (κ2) is 5.58. The fourth-order valence-electron chi connectivity index (χ4n) is 2.56. The maximum Gasteiger partial charge on any atom is 0.356 e. The largest absolute Gasteiger partial charge is 0.476 e. The quantitative estimate of drug-likeness (QED) is 0.628. The molecule has 0 unspecified atom stereocenters. The molecule has 24 heavy (non-hydrogen) atoms. The van der Waals surface area contributed by atoms with Crippen molar-refractivity contribution < 1.29 is 9.90 Å². The molecule has 1 aromatic carbocycles. The summed E-state index contributed by atoms with van der Waals surface area (Å²) >= 11 is 0. The molecule has 0 saturated carbocycles. The Morgan fingerprint density at radius 2 is 1.71 bits per heavy atom. The molecule has 1 N–H and O–H groups in total. The number of rotatable bonds is 3. The molecule has 0 saturated heterocycles. The summed E-state index contributed by atoms with van der Waals surface area (Å²) in [5, 5.41) is 13.4. The molecule has 3 heterocycles. The predicted octanol–water partition coefficient (Wildman–Crippen LogP) is 3.16. The molecule has 0 radical (unpaired) electrons. The normalized spacial score (nSPS) is 10.8. The van der Waals surface area contributed by atoms with Crippen LogP contribution in [0.5, 0.6) is 0 Å². The zero-order valence-electron chi connectivity index (χ0n) is 12.5. The third-order valence-electron chi connectivity index (χ3n) is 3.69. The number of carbonyl (C=O) groups is 1. The van der Waals surface area contributed by atoms with E-state index in [-0.39, 0.29) is 5.69 Å². The number of carboxylic acid groups (broad SMARTS) is 1. The van der Waals surface area contributed by atoms with Crippen molar-refractivity contribution in [1.29, 1.82) is 0 Å². The van der Waals surface area contributed by atoms with Gasteiger partial charge in [-0.05, 0) is 18.2 Å². The standard InChI is InChI=1S/C18H12N4O2/c23-18(24)15-11-17-20-14(12-4-2-1-3-5-12)10-16(22(17)21-15)13-6-8-19-9-7-13/h1-11H,(H,23,24). The molecule has 0 aliphatic carbocycles. The van der Waals surface area contributed by atoms with E-state index in [1.807, 2.05) is 48.5 Å². The highest BCUT2D eigenvalue weighted by molar-refractivity contribution is 5.87. The number of nitrogens with zero attached hydrogens (tertiary/aromatic N) is 4. The van der Waals surface area contributed by atoms with Crippen LogP contribution < -0.4 is 0 Å². The first-order valence-corrected chi connectivity index (χ1v) is 7.32. The van der Waals surface area contributed by atoms with Gasteiger partial charge in [0.15, 0.2) is 11.3 Å². The Labute approximate surface area is 137 Å². The minimum absolute atomic E-state index is 0.0389. The van der Waals surface area contributed by atoms with E-state index < -0.39 is 5.97 Å². The summed E-state index contributed by atoms with van der Waals surface area (Å²) in [6.45, 7) is 0. The molecule has 0 fully saturated rings. The van der Waals surface area contributed by atoms with Crippen LogP contribution in [0.15, 0.2) is 67.0 Å². The van der Waals surface area contributed by atoms with E-state index in [1.54, 1.807) is 16.9 Å². The van der Waals surface area contributed by atoms with Crippen LogP contribution in [0.3, 0.4) is 0 Å². The Balaban J connectivity index is 2.02. The van der Waals surface area contributed by atoms with Crippen LogP contribution in [0.25, 0.3) is 28.2 Å². The average molecular weight is 316 g/mol. The van der Waals surface area contributed by atoms with Gasteiger partial charge in [0, 0.05) is 29.6 Å². The van der Waals surface area contributed by atoms with Crippen molar-refractivity contribution in [2.75, 3.05) is 0 Å². The second-order valence-electron chi connectivity index (χ2n) is 5.23. The molecule has 0 aliphatic rings. The lowest BCUT2D eigenvalue weighted by Crippen LogP contribution is -2.01. The third-order valence-corrected chi connectivity index (χ3v) is 3.69. The molecule has 6 heteroatoms.